The van der Waals surface area contributed by atoms with Crippen LogP contribution in [0.15, 0.2) is 24.3 Å². The number of hydrogen-bond acceptors (Lipinski definition) is 3. The van der Waals surface area contributed by atoms with Crippen LogP contribution in [0.3, 0.4) is 0 Å². The second kappa shape index (κ2) is 2.98. The molecule has 0 amide bonds. The molecule has 1 N–H and O–H groups in total. The molecular formula is C7H6O3. The molecule has 10 heavy (non-hydrogen) atoms. The van der Waals surface area contributed by atoms with Crippen LogP contribution in [-0.2, 0) is 0 Å². The third kappa shape index (κ3) is 1.14. The molecule has 0 bridgehead atoms. The van der Waals surface area contributed by atoms with Gasteiger partial charge in [-0.2, -0.15) is 0 Å². The van der Waals surface area contributed by atoms with Crippen LogP contribution >= 0.6 is 0 Å². The minimum Gasteiger partial charge on any atom is -0.339 e. The van der Waals surface area contributed by atoms with Crippen LogP contribution < -0.4 is 4.89 Å². The molecule has 3 heteroatoms. The summed E-state index contributed by atoms with van der Waals surface area (Å²) in [6.07, 6.45) is 0.617. The average Bonchev–Trinajstić information content (AvgIpc) is 2.04. The Kier molecular flexibility index (Phi) is 2.02. The highest BCUT2D eigenvalue weighted by Gasteiger charge is 1.98. The first kappa shape index (κ1) is 6.77. The first-order valence-corrected chi connectivity index (χ1v) is 2.74. The number of aldehydes is 1. The monoisotopic (exact) mass is 138 g/mol. The molecular weight excluding hydrogens is 132 g/mol. The number of para-hydroxylation sites is 1. The largest absolute Gasteiger partial charge is 0.339 e. The molecule has 0 spiro atoms. The highest BCUT2D eigenvalue weighted by Crippen LogP contribution is 2.13. The zero-order chi connectivity index (χ0) is 7.40. The summed E-state index contributed by atoms with van der Waals surface area (Å²) in [7, 11) is 0. The van der Waals surface area contributed by atoms with Gasteiger partial charge in [0.1, 0.15) is 0 Å². The van der Waals surface area contributed by atoms with Gasteiger partial charge in [0.05, 0.1) is 5.56 Å². The number of hydrogen-bond donors (Lipinski definition) is 1. The van der Waals surface area contributed by atoms with Crippen LogP contribution in [0.1, 0.15) is 10.4 Å². The minimum atomic E-state index is 0.178. The molecule has 0 saturated carbocycles. The van der Waals surface area contributed by atoms with Crippen molar-refractivity contribution in [3.05, 3.63) is 29.8 Å². The van der Waals surface area contributed by atoms with E-state index >= 15 is 0 Å². The van der Waals surface area contributed by atoms with Crippen molar-refractivity contribution >= 4 is 6.29 Å². The summed E-state index contributed by atoms with van der Waals surface area (Å²) in [5.74, 6) is 0.178. The van der Waals surface area contributed by atoms with Crippen molar-refractivity contribution < 1.29 is 14.9 Å². The molecule has 0 aliphatic rings. The second-order valence-corrected chi connectivity index (χ2v) is 1.75. The quantitative estimate of drug-likeness (QED) is 0.381. The lowest BCUT2D eigenvalue weighted by Crippen LogP contribution is -1.88. The maximum atomic E-state index is 10.2. The third-order valence-corrected chi connectivity index (χ3v) is 1.14. The van der Waals surface area contributed by atoms with Gasteiger partial charge in [-0.15, -0.1) is 0 Å². The van der Waals surface area contributed by atoms with E-state index in [1.165, 1.54) is 6.07 Å². The summed E-state index contributed by atoms with van der Waals surface area (Å²) >= 11 is 0. The van der Waals surface area contributed by atoms with E-state index in [1.54, 1.807) is 18.2 Å². The van der Waals surface area contributed by atoms with Crippen molar-refractivity contribution in [1.29, 1.82) is 0 Å². The zero-order valence-corrected chi connectivity index (χ0v) is 5.15. The van der Waals surface area contributed by atoms with E-state index in [0.717, 1.165) is 0 Å². The number of benzene rings is 1. The van der Waals surface area contributed by atoms with Crippen LogP contribution in [-0.4, -0.2) is 11.5 Å². The van der Waals surface area contributed by atoms with Crippen molar-refractivity contribution in [3.63, 3.8) is 0 Å². The Hall–Kier alpha value is -1.35. The van der Waals surface area contributed by atoms with E-state index in [4.69, 9.17) is 5.26 Å². The van der Waals surface area contributed by atoms with Crippen LogP contribution in [0, 0.1) is 0 Å². The molecule has 0 unspecified atom stereocenters. The van der Waals surface area contributed by atoms with Crippen molar-refractivity contribution in [2.24, 2.45) is 0 Å². The third-order valence-electron chi connectivity index (χ3n) is 1.14. The van der Waals surface area contributed by atoms with Crippen LogP contribution in [0.4, 0.5) is 0 Å². The molecule has 0 fully saturated rings. The van der Waals surface area contributed by atoms with E-state index in [9.17, 15) is 4.79 Å². The first-order valence-electron chi connectivity index (χ1n) is 2.74. The van der Waals surface area contributed by atoms with Gasteiger partial charge in [-0.05, 0) is 12.1 Å². The Bertz CT molecular complexity index is 232. The number of rotatable bonds is 2. The summed E-state index contributed by atoms with van der Waals surface area (Å²) in [4.78, 5) is 14.1. The fraction of sp³-hybridized carbons (Fsp3) is 0. The summed E-state index contributed by atoms with van der Waals surface area (Å²) in [5, 5.41) is 8.19. The van der Waals surface area contributed by atoms with Gasteiger partial charge < -0.3 is 4.89 Å². The SMILES string of the molecule is O=Cc1ccccc1OO. The smallest absolute Gasteiger partial charge is 0.175 e. The normalized spacial score (nSPS) is 8.90. The lowest BCUT2D eigenvalue weighted by atomic mass is 10.2. The van der Waals surface area contributed by atoms with E-state index < -0.39 is 0 Å². The Balaban J connectivity index is 3.08. The predicted octanol–water partition coefficient (Wildman–Crippen LogP) is 1.35. The van der Waals surface area contributed by atoms with Gasteiger partial charge in [-0.3, -0.25) is 4.79 Å². The van der Waals surface area contributed by atoms with Gasteiger partial charge in [0.2, 0.25) is 0 Å². The summed E-state index contributed by atoms with van der Waals surface area (Å²) in [5.41, 5.74) is 0.338. The standard InChI is InChI=1S/C7H6O3/c8-5-6-3-1-2-4-7(6)10-9/h1-5,9H. The van der Waals surface area contributed by atoms with Gasteiger partial charge in [0, 0.05) is 0 Å². The molecule has 0 aromatic heterocycles. The van der Waals surface area contributed by atoms with Crippen molar-refractivity contribution in [2.75, 3.05) is 0 Å². The fourth-order valence-corrected chi connectivity index (χ4v) is 0.661. The van der Waals surface area contributed by atoms with E-state index in [2.05, 4.69) is 4.89 Å². The molecule has 0 heterocycles. The molecule has 3 nitrogen and oxygen atoms in total. The Labute approximate surface area is 57.8 Å². The molecule has 0 aliphatic carbocycles. The molecule has 52 valence electrons. The zero-order valence-electron chi connectivity index (χ0n) is 5.15. The predicted molar refractivity (Wildman–Crippen MR) is 35.1 cm³/mol. The van der Waals surface area contributed by atoms with Gasteiger partial charge >= 0.3 is 0 Å². The molecule has 0 atom stereocenters. The van der Waals surface area contributed by atoms with Crippen LogP contribution in [0.25, 0.3) is 0 Å². The van der Waals surface area contributed by atoms with Gasteiger partial charge in [-0.25, -0.2) is 5.26 Å². The highest BCUT2D eigenvalue weighted by molar-refractivity contribution is 5.78. The summed E-state index contributed by atoms with van der Waals surface area (Å²) < 4.78 is 0. The average molecular weight is 138 g/mol. The van der Waals surface area contributed by atoms with Crippen molar-refractivity contribution in [3.8, 4) is 5.75 Å². The topological polar surface area (TPSA) is 46.5 Å². The maximum Gasteiger partial charge on any atom is 0.175 e. The summed E-state index contributed by atoms with van der Waals surface area (Å²) in [6.45, 7) is 0. The molecule has 1 rings (SSSR count). The maximum absolute atomic E-state index is 10.2. The first-order chi connectivity index (χ1) is 4.88. The molecule has 0 radical (unpaired) electrons. The Morgan fingerprint density at radius 1 is 1.40 bits per heavy atom. The number of carbonyl (C=O) groups is 1. The van der Waals surface area contributed by atoms with Gasteiger partial charge in [0.15, 0.2) is 12.0 Å². The number of carbonyl (C=O) groups excluding carboxylic acids is 1. The highest BCUT2D eigenvalue weighted by atomic mass is 17.1. The molecule has 0 saturated heterocycles. The lowest BCUT2D eigenvalue weighted by Gasteiger charge is -1.96. The van der Waals surface area contributed by atoms with Crippen molar-refractivity contribution in [1.82, 2.24) is 0 Å². The van der Waals surface area contributed by atoms with Crippen LogP contribution in [0.2, 0.25) is 0 Å². The Morgan fingerprint density at radius 3 is 2.60 bits per heavy atom. The van der Waals surface area contributed by atoms with E-state index in [1.807, 2.05) is 0 Å². The van der Waals surface area contributed by atoms with Crippen molar-refractivity contribution in [2.45, 2.75) is 0 Å². The molecule has 1 aromatic carbocycles. The van der Waals surface area contributed by atoms with E-state index in [0.29, 0.717) is 11.8 Å². The summed E-state index contributed by atoms with van der Waals surface area (Å²) in [6, 6.07) is 6.41. The van der Waals surface area contributed by atoms with E-state index in [-0.39, 0.29) is 5.75 Å². The second-order valence-electron chi connectivity index (χ2n) is 1.75. The Morgan fingerprint density at radius 2 is 2.10 bits per heavy atom. The van der Waals surface area contributed by atoms with Gasteiger partial charge in [-0.1, -0.05) is 12.1 Å². The molecule has 1 aromatic rings. The fourth-order valence-electron chi connectivity index (χ4n) is 0.661. The molecule has 0 aliphatic heterocycles. The van der Waals surface area contributed by atoms with Crippen LogP contribution in [0.5, 0.6) is 5.75 Å². The minimum absolute atomic E-state index is 0.178. The lowest BCUT2D eigenvalue weighted by molar-refractivity contribution is -0.137. The van der Waals surface area contributed by atoms with Gasteiger partial charge in [0.25, 0.3) is 0 Å².